The van der Waals surface area contributed by atoms with Crippen LogP contribution in [0, 0.1) is 0 Å². The van der Waals surface area contributed by atoms with Gasteiger partial charge in [0.25, 0.3) is 0 Å². The van der Waals surface area contributed by atoms with Crippen molar-refractivity contribution in [2.75, 3.05) is 5.73 Å². The first-order valence-electron chi connectivity index (χ1n) is 3.38. The lowest BCUT2D eigenvalue weighted by atomic mass is 10.4. The number of rotatable bonds is 2. The van der Waals surface area contributed by atoms with Crippen LogP contribution in [0.3, 0.4) is 0 Å². The van der Waals surface area contributed by atoms with Gasteiger partial charge in [-0.25, -0.2) is 0 Å². The average Bonchev–Trinajstić information content (AvgIpc) is 2.03. The first kappa shape index (κ1) is 9.85. The van der Waals surface area contributed by atoms with Gasteiger partial charge in [0.05, 0.1) is 4.90 Å². The van der Waals surface area contributed by atoms with Crippen molar-refractivity contribution in [3.8, 4) is 0 Å². The van der Waals surface area contributed by atoms with E-state index in [0.29, 0.717) is 0 Å². The van der Waals surface area contributed by atoms with Crippen LogP contribution in [0.2, 0.25) is 0 Å². The first-order chi connectivity index (χ1) is 5.70. The molecule has 1 rings (SSSR count). The topological polar surface area (TPSA) is 38.9 Å². The normalized spacial score (nSPS) is 11.7. The van der Waals surface area contributed by atoms with E-state index in [1.807, 2.05) is 12.3 Å². The van der Waals surface area contributed by atoms with Crippen molar-refractivity contribution in [2.45, 2.75) is 11.8 Å². The van der Waals surface area contributed by atoms with Gasteiger partial charge in [-0.2, -0.15) is 0 Å². The summed E-state index contributed by atoms with van der Waals surface area (Å²) >= 11 is 3.86. The van der Waals surface area contributed by atoms with E-state index in [1.165, 1.54) is 3.58 Å². The van der Waals surface area contributed by atoms with E-state index in [1.54, 1.807) is 30.2 Å². The second-order valence-electron chi connectivity index (χ2n) is 2.24. The monoisotopic (exact) mass is 292 g/mol. The van der Waals surface area contributed by atoms with Crippen LogP contribution in [-0.2, 0) is 0 Å². The quantitative estimate of drug-likeness (QED) is 0.672. The second kappa shape index (κ2) is 4.71. The second-order valence-corrected chi connectivity index (χ2v) is 4.85. The van der Waals surface area contributed by atoms with Crippen LogP contribution < -0.4 is 5.73 Å². The minimum Gasteiger partial charge on any atom is -0.398 e. The molecule has 0 atom stereocenters. The molecule has 0 aliphatic carbocycles. The van der Waals surface area contributed by atoms with Gasteiger partial charge in [-0.3, -0.25) is 4.98 Å². The van der Waals surface area contributed by atoms with Crippen LogP contribution in [0.1, 0.15) is 6.92 Å². The predicted octanol–water partition coefficient (Wildman–Crippen LogP) is 3.05. The molecule has 1 aromatic rings. The third-order valence-electron chi connectivity index (χ3n) is 1.16. The summed E-state index contributed by atoms with van der Waals surface area (Å²) in [5, 5.41) is 2.05. The van der Waals surface area contributed by atoms with Gasteiger partial charge in [-0.15, -0.1) is 0 Å². The minimum absolute atomic E-state index is 0.781. The fourth-order valence-corrected chi connectivity index (χ4v) is 1.63. The molecule has 2 N–H and O–H groups in total. The molecule has 12 heavy (non-hydrogen) atoms. The molecule has 0 amide bonds. The van der Waals surface area contributed by atoms with Gasteiger partial charge in [0, 0.05) is 18.1 Å². The molecule has 0 aliphatic heterocycles. The largest absolute Gasteiger partial charge is 0.398 e. The van der Waals surface area contributed by atoms with Crippen molar-refractivity contribution < 1.29 is 0 Å². The van der Waals surface area contributed by atoms with Crippen molar-refractivity contribution in [3.63, 3.8) is 0 Å². The molecule has 0 fully saturated rings. The summed E-state index contributed by atoms with van der Waals surface area (Å²) in [6.07, 6.45) is 3.47. The number of hydrogen-bond donors (Lipinski definition) is 1. The maximum Gasteiger partial charge on any atom is 0.0529 e. The summed E-state index contributed by atoms with van der Waals surface area (Å²) in [6.45, 7) is 2.04. The highest BCUT2D eigenvalue weighted by molar-refractivity contribution is 14.1. The number of nitrogens with zero attached hydrogens (tertiary/aromatic N) is 1. The minimum atomic E-state index is 0.781. The van der Waals surface area contributed by atoms with Gasteiger partial charge in [-0.1, -0.05) is 11.8 Å². The fourth-order valence-electron chi connectivity index (χ4n) is 0.634. The number of halogens is 1. The molecule has 1 aromatic heterocycles. The van der Waals surface area contributed by atoms with Crippen molar-refractivity contribution in [2.24, 2.45) is 0 Å². The number of nitrogen functional groups attached to an aromatic ring is 1. The Morgan fingerprint density at radius 2 is 2.50 bits per heavy atom. The highest BCUT2D eigenvalue weighted by Crippen LogP contribution is 2.26. The Bertz CT molecular complexity index is 295. The Kier molecular flexibility index (Phi) is 3.87. The van der Waals surface area contributed by atoms with E-state index in [2.05, 4.69) is 27.6 Å². The van der Waals surface area contributed by atoms with E-state index < -0.39 is 0 Å². The third kappa shape index (κ3) is 3.02. The smallest absolute Gasteiger partial charge is 0.0529 e. The number of anilines is 1. The average molecular weight is 292 g/mol. The molecule has 0 radical (unpaired) electrons. The summed E-state index contributed by atoms with van der Waals surface area (Å²) < 4.78 is 1.24. The van der Waals surface area contributed by atoms with Gasteiger partial charge in [0.15, 0.2) is 0 Å². The molecule has 0 saturated carbocycles. The molecule has 0 unspecified atom stereocenters. The Balaban J connectivity index is 2.76. The van der Waals surface area contributed by atoms with E-state index in [4.69, 9.17) is 5.73 Å². The predicted molar refractivity (Wildman–Crippen MR) is 62.3 cm³/mol. The Morgan fingerprint density at radius 3 is 3.08 bits per heavy atom. The van der Waals surface area contributed by atoms with Crippen molar-refractivity contribution in [1.82, 2.24) is 4.98 Å². The summed E-state index contributed by atoms with van der Waals surface area (Å²) in [5.41, 5.74) is 6.50. The Morgan fingerprint density at radius 1 is 1.75 bits per heavy atom. The zero-order valence-electron chi connectivity index (χ0n) is 6.62. The molecule has 1 heterocycles. The molecule has 0 bridgehead atoms. The van der Waals surface area contributed by atoms with Crippen LogP contribution in [0.5, 0.6) is 0 Å². The summed E-state index contributed by atoms with van der Waals surface area (Å²) in [4.78, 5) is 5.00. The molecular weight excluding hydrogens is 283 g/mol. The van der Waals surface area contributed by atoms with E-state index in [9.17, 15) is 0 Å². The summed E-state index contributed by atoms with van der Waals surface area (Å²) in [6, 6.07) is 1.80. The van der Waals surface area contributed by atoms with Gasteiger partial charge < -0.3 is 5.73 Å². The van der Waals surface area contributed by atoms with E-state index in [0.717, 1.165) is 10.6 Å². The first-order valence-corrected chi connectivity index (χ1v) is 5.34. The van der Waals surface area contributed by atoms with Gasteiger partial charge in [0.2, 0.25) is 0 Å². The lowest BCUT2D eigenvalue weighted by Gasteiger charge is -1.99. The number of hydrogen-bond acceptors (Lipinski definition) is 3. The molecule has 0 spiro atoms. The maximum absolute atomic E-state index is 5.71. The van der Waals surface area contributed by atoms with E-state index in [-0.39, 0.29) is 0 Å². The highest BCUT2D eigenvalue weighted by atomic mass is 127. The number of nitrogens with two attached hydrogens (primary N) is 1. The molecular formula is C8H9IN2S. The fraction of sp³-hybridized carbons (Fsp3) is 0.125. The molecule has 64 valence electrons. The lowest BCUT2D eigenvalue weighted by Crippen LogP contribution is -1.87. The number of aromatic nitrogens is 1. The van der Waals surface area contributed by atoms with Crippen molar-refractivity contribution >= 4 is 40.0 Å². The molecule has 4 heteroatoms. The highest BCUT2D eigenvalue weighted by Gasteiger charge is 1.95. The number of thioether (sulfide) groups is 1. The Labute approximate surface area is 89.8 Å². The van der Waals surface area contributed by atoms with Crippen LogP contribution in [0.4, 0.5) is 5.69 Å². The van der Waals surface area contributed by atoms with E-state index >= 15 is 0 Å². The van der Waals surface area contributed by atoms with Gasteiger partial charge in [-0.05, 0) is 44.6 Å². The van der Waals surface area contributed by atoms with Gasteiger partial charge in [0.1, 0.15) is 0 Å². The molecule has 0 aromatic carbocycles. The molecule has 0 saturated heterocycles. The lowest BCUT2D eigenvalue weighted by molar-refractivity contribution is 1.25. The van der Waals surface area contributed by atoms with Crippen LogP contribution in [-0.4, -0.2) is 4.98 Å². The van der Waals surface area contributed by atoms with Gasteiger partial charge >= 0.3 is 0 Å². The van der Waals surface area contributed by atoms with Crippen molar-refractivity contribution in [3.05, 3.63) is 27.4 Å². The third-order valence-corrected chi connectivity index (χ3v) is 2.97. The molecule has 0 aliphatic rings. The zero-order chi connectivity index (χ0) is 8.97. The van der Waals surface area contributed by atoms with Crippen LogP contribution in [0.15, 0.2) is 32.3 Å². The Hall–Kier alpha value is -0.230. The molecule has 2 nitrogen and oxygen atoms in total. The number of allylic oxidation sites excluding steroid dienone is 1. The summed E-state index contributed by atoms with van der Waals surface area (Å²) in [7, 11) is 0. The maximum atomic E-state index is 5.71. The van der Waals surface area contributed by atoms with Crippen LogP contribution >= 0.6 is 34.4 Å². The zero-order valence-corrected chi connectivity index (χ0v) is 9.59. The summed E-state index contributed by atoms with van der Waals surface area (Å²) in [5.74, 6) is 0. The number of pyridine rings is 1. The van der Waals surface area contributed by atoms with Crippen LogP contribution in [0.25, 0.3) is 0 Å². The SMILES string of the molecule is C/C(I)=C\Sc1cnccc1N. The van der Waals surface area contributed by atoms with Crippen molar-refractivity contribution in [1.29, 1.82) is 0 Å². The standard InChI is InChI=1S/C8H9IN2S/c1-6(9)5-12-8-4-11-3-2-7(8)10/h2-5H,1H3,(H2,10,11)/b6-5+.